The maximum atomic E-state index is 13.0. The van der Waals surface area contributed by atoms with Gasteiger partial charge >= 0.3 is 5.97 Å². The van der Waals surface area contributed by atoms with Crippen LogP contribution in [0.4, 0.5) is 5.69 Å². The van der Waals surface area contributed by atoms with E-state index in [1.165, 1.54) is 28.8 Å². The Labute approximate surface area is 197 Å². The van der Waals surface area contributed by atoms with Crippen LogP contribution in [0.15, 0.2) is 65.0 Å². The number of benzene rings is 2. The first-order chi connectivity index (χ1) is 16.0. The number of carboxylic acid groups (broad SMARTS) is 1. The lowest BCUT2D eigenvalue weighted by atomic mass is 10.2. The zero-order chi connectivity index (χ0) is 23.8. The van der Waals surface area contributed by atoms with Gasteiger partial charge in [0.05, 0.1) is 29.9 Å². The van der Waals surface area contributed by atoms with Crippen LogP contribution in [0.2, 0.25) is 0 Å². The minimum Gasteiger partial charge on any atom is -0.493 e. The van der Waals surface area contributed by atoms with Crippen LogP contribution < -0.4 is 9.47 Å². The van der Waals surface area contributed by atoms with Crippen molar-refractivity contribution in [3.8, 4) is 11.5 Å². The number of hydrogen-bond acceptors (Lipinski definition) is 6. The molecule has 1 N–H and O–H groups in total. The fraction of sp³-hybridized carbons (Fsp3) is 0.240. The smallest absolute Gasteiger partial charge is 0.335 e. The number of carbonyl (C=O) groups is 2. The van der Waals surface area contributed by atoms with Crippen molar-refractivity contribution >= 4 is 40.6 Å². The maximum absolute atomic E-state index is 13.0. The Hall–Kier alpha value is -3.52. The van der Waals surface area contributed by atoms with Gasteiger partial charge in [0.25, 0.3) is 5.91 Å². The third-order valence-electron chi connectivity index (χ3n) is 4.76. The fourth-order valence-corrected chi connectivity index (χ4v) is 4.08. The van der Waals surface area contributed by atoms with Gasteiger partial charge in [-0.25, -0.2) is 9.79 Å². The quantitative estimate of drug-likeness (QED) is 0.288. The number of amidine groups is 1. The summed E-state index contributed by atoms with van der Waals surface area (Å²) >= 11 is 1.23. The van der Waals surface area contributed by atoms with Crippen molar-refractivity contribution in [3.05, 3.63) is 71.2 Å². The summed E-state index contributed by atoms with van der Waals surface area (Å²) in [7, 11) is 1.58. The number of hydrogen-bond donors (Lipinski definition) is 1. The molecule has 0 radical (unpaired) electrons. The highest BCUT2D eigenvalue weighted by molar-refractivity contribution is 8.18. The molecule has 0 saturated carbocycles. The van der Waals surface area contributed by atoms with Crippen molar-refractivity contribution in [1.82, 2.24) is 4.90 Å². The number of thioether (sulfide) groups is 1. The molecule has 33 heavy (non-hydrogen) atoms. The Balaban J connectivity index is 1.89. The van der Waals surface area contributed by atoms with Crippen LogP contribution in [-0.4, -0.2) is 47.3 Å². The molecule has 0 aromatic heterocycles. The average Bonchev–Trinajstić information content (AvgIpc) is 3.09. The van der Waals surface area contributed by atoms with Crippen LogP contribution in [0, 0.1) is 0 Å². The molecule has 1 heterocycles. The zero-order valence-electron chi connectivity index (χ0n) is 18.6. The number of amides is 1. The zero-order valence-corrected chi connectivity index (χ0v) is 19.4. The molecule has 172 valence electrons. The van der Waals surface area contributed by atoms with Gasteiger partial charge in [0.15, 0.2) is 16.7 Å². The summed E-state index contributed by atoms with van der Waals surface area (Å²) in [4.78, 5) is 30.8. The second-order valence-electron chi connectivity index (χ2n) is 7.18. The number of ether oxygens (including phenoxy) is 2. The lowest BCUT2D eigenvalue weighted by Gasteiger charge is -2.12. The summed E-state index contributed by atoms with van der Waals surface area (Å²) in [5.41, 5.74) is 1.37. The van der Waals surface area contributed by atoms with Gasteiger partial charge in [-0.3, -0.25) is 9.69 Å². The van der Waals surface area contributed by atoms with Gasteiger partial charge in [-0.15, -0.1) is 6.58 Å². The highest BCUT2D eigenvalue weighted by atomic mass is 32.2. The summed E-state index contributed by atoms with van der Waals surface area (Å²) in [6.45, 7) is 6.72. The maximum Gasteiger partial charge on any atom is 0.335 e. The Morgan fingerprint density at radius 1 is 1.24 bits per heavy atom. The summed E-state index contributed by atoms with van der Waals surface area (Å²) in [6.07, 6.45) is 5.39. The molecule has 1 aliphatic heterocycles. The minimum atomic E-state index is -1.04. The molecule has 7 nitrogen and oxygen atoms in total. The summed E-state index contributed by atoms with van der Waals surface area (Å²) < 4.78 is 11.2. The SMILES string of the molecule is C=CCN1C(=O)/C(=C/c2ccc(OCCCC)c(OC)c2)SC1=Nc1cccc(C(=O)O)c1. The van der Waals surface area contributed by atoms with Gasteiger partial charge in [0.1, 0.15) is 0 Å². The Bertz CT molecular complexity index is 1110. The monoisotopic (exact) mass is 466 g/mol. The van der Waals surface area contributed by atoms with Gasteiger partial charge in [0.2, 0.25) is 0 Å². The van der Waals surface area contributed by atoms with Gasteiger partial charge in [-0.05, 0) is 60.2 Å². The molecular weight excluding hydrogens is 440 g/mol. The molecule has 2 aromatic carbocycles. The van der Waals surface area contributed by atoms with Crippen LogP contribution in [-0.2, 0) is 4.79 Å². The van der Waals surface area contributed by atoms with E-state index in [-0.39, 0.29) is 18.0 Å². The Morgan fingerprint density at radius 3 is 2.76 bits per heavy atom. The standard InChI is InChI=1S/C25H26N2O5S/c1-4-6-13-32-20-11-10-17(14-21(20)31-3)15-22-23(28)27(12-5-2)25(33-22)26-19-9-7-8-18(16-19)24(29)30/h5,7-11,14-16H,2,4,6,12-13H2,1,3H3,(H,29,30)/b22-15-,26-25?. The number of rotatable bonds is 10. The fourth-order valence-electron chi connectivity index (χ4n) is 3.07. The lowest BCUT2D eigenvalue weighted by molar-refractivity contribution is -0.121. The third kappa shape index (κ3) is 6.04. The minimum absolute atomic E-state index is 0.130. The first-order valence-corrected chi connectivity index (χ1v) is 11.3. The van der Waals surface area contributed by atoms with E-state index in [0.29, 0.717) is 33.9 Å². The molecule has 1 amide bonds. The molecule has 1 aliphatic rings. The van der Waals surface area contributed by atoms with Crippen molar-refractivity contribution in [2.24, 2.45) is 4.99 Å². The first kappa shape index (κ1) is 24.1. The van der Waals surface area contributed by atoms with Crippen molar-refractivity contribution < 1.29 is 24.2 Å². The number of carboxylic acids is 1. The normalized spacial score (nSPS) is 15.8. The predicted molar refractivity (Wildman–Crippen MR) is 131 cm³/mol. The molecule has 0 unspecified atom stereocenters. The van der Waals surface area contributed by atoms with Crippen LogP contribution in [0.25, 0.3) is 6.08 Å². The second-order valence-corrected chi connectivity index (χ2v) is 8.19. The molecule has 2 aromatic rings. The molecular formula is C25H26N2O5S. The van der Waals surface area contributed by atoms with E-state index in [1.807, 2.05) is 18.2 Å². The van der Waals surface area contributed by atoms with Crippen LogP contribution in [0.3, 0.4) is 0 Å². The van der Waals surface area contributed by atoms with E-state index >= 15 is 0 Å². The number of aliphatic imine (C=N–C) groups is 1. The van der Waals surface area contributed by atoms with E-state index in [0.717, 1.165) is 18.4 Å². The number of methoxy groups -OCH3 is 1. The number of unbranched alkanes of at least 4 members (excludes halogenated alkanes) is 1. The molecule has 0 aliphatic carbocycles. The topological polar surface area (TPSA) is 88.4 Å². The molecule has 0 bridgehead atoms. The molecule has 0 atom stereocenters. The first-order valence-electron chi connectivity index (χ1n) is 10.5. The summed E-state index contributed by atoms with van der Waals surface area (Å²) in [5.74, 6) is 0.0210. The van der Waals surface area contributed by atoms with Gasteiger partial charge in [-0.1, -0.05) is 31.6 Å². The number of carbonyl (C=O) groups excluding carboxylic acids is 1. The van der Waals surface area contributed by atoms with Gasteiger partial charge in [0, 0.05) is 6.54 Å². The number of nitrogens with zero attached hydrogens (tertiary/aromatic N) is 2. The van der Waals surface area contributed by atoms with Crippen LogP contribution in [0.5, 0.6) is 11.5 Å². The van der Waals surface area contributed by atoms with Crippen molar-refractivity contribution in [2.75, 3.05) is 20.3 Å². The molecule has 1 fully saturated rings. The predicted octanol–water partition coefficient (Wildman–Crippen LogP) is 5.36. The molecule has 3 rings (SSSR count). The van der Waals surface area contributed by atoms with E-state index in [9.17, 15) is 14.7 Å². The van der Waals surface area contributed by atoms with Crippen LogP contribution in [0.1, 0.15) is 35.7 Å². The van der Waals surface area contributed by atoms with Crippen molar-refractivity contribution in [1.29, 1.82) is 0 Å². The van der Waals surface area contributed by atoms with E-state index in [1.54, 1.807) is 31.4 Å². The second kappa shape index (κ2) is 11.4. The van der Waals surface area contributed by atoms with Crippen molar-refractivity contribution in [3.63, 3.8) is 0 Å². The lowest BCUT2D eigenvalue weighted by Crippen LogP contribution is -2.29. The van der Waals surface area contributed by atoms with E-state index < -0.39 is 5.97 Å². The van der Waals surface area contributed by atoms with E-state index in [4.69, 9.17) is 9.47 Å². The van der Waals surface area contributed by atoms with Gasteiger partial charge < -0.3 is 14.6 Å². The number of aromatic carboxylic acids is 1. The highest BCUT2D eigenvalue weighted by Gasteiger charge is 2.32. The summed E-state index contributed by atoms with van der Waals surface area (Å²) in [5, 5.41) is 9.68. The Kier molecular flexibility index (Phi) is 8.32. The average molecular weight is 467 g/mol. The molecule has 8 heteroatoms. The largest absolute Gasteiger partial charge is 0.493 e. The third-order valence-corrected chi connectivity index (χ3v) is 5.77. The molecule has 1 saturated heterocycles. The molecule has 0 spiro atoms. The summed E-state index contributed by atoms with van der Waals surface area (Å²) in [6, 6.07) is 11.8. The Morgan fingerprint density at radius 2 is 2.06 bits per heavy atom. The highest BCUT2D eigenvalue weighted by Crippen LogP contribution is 2.36. The van der Waals surface area contributed by atoms with Crippen LogP contribution >= 0.6 is 11.8 Å². The van der Waals surface area contributed by atoms with E-state index in [2.05, 4.69) is 18.5 Å². The van der Waals surface area contributed by atoms with Crippen molar-refractivity contribution in [2.45, 2.75) is 19.8 Å². The van der Waals surface area contributed by atoms with Gasteiger partial charge in [-0.2, -0.15) is 0 Å².